The van der Waals surface area contributed by atoms with Gasteiger partial charge in [0.25, 0.3) is 0 Å². The van der Waals surface area contributed by atoms with Crippen LogP contribution in [0.25, 0.3) is 54.6 Å². The first-order chi connectivity index (χ1) is 30.3. The Morgan fingerprint density at radius 1 is 0.371 bits per heavy atom. The first kappa shape index (κ1) is 36.4. The van der Waals surface area contributed by atoms with Gasteiger partial charge in [-0.25, -0.2) is 0 Å². The molecule has 10 aromatic rings. The molecule has 0 amide bonds. The highest BCUT2D eigenvalue weighted by molar-refractivity contribution is 6.09. The van der Waals surface area contributed by atoms with Crippen LogP contribution >= 0.6 is 0 Å². The van der Waals surface area contributed by atoms with E-state index in [1.807, 2.05) is 0 Å². The molecule has 1 aliphatic carbocycles. The smallest absolute Gasteiger partial charge is 0.0618 e. The lowest BCUT2D eigenvalue weighted by Crippen LogP contribution is -2.33. The molecule has 296 valence electrons. The number of rotatable bonds is 5. The van der Waals surface area contributed by atoms with Crippen molar-refractivity contribution in [2.24, 2.45) is 0 Å². The zero-order valence-electron chi connectivity index (χ0n) is 35.5. The van der Waals surface area contributed by atoms with E-state index < -0.39 is 0 Å². The fourth-order valence-corrected chi connectivity index (χ4v) is 11.0. The standard InChI is InChI=1S/C60H46N2/c1-59(2)50-25-12-11-24-48(50)49-36-34-44(38-52(49)59)61(53-28-15-21-40-18-7-9-22-45(40)53)55-29-16-30-56-57(55)60(3,4)51-26-13-14-27-54(51)62(56)58-46-23-10-8-19-41(46)33-35-47(58)43-32-31-39-17-5-6-20-42(39)37-43/h5-38H,1-4H3. The molecule has 0 bridgehead atoms. The summed E-state index contributed by atoms with van der Waals surface area (Å²) in [6.45, 7) is 9.60. The third-order valence-electron chi connectivity index (χ3n) is 14.0. The van der Waals surface area contributed by atoms with E-state index in [0.29, 0.717) is 0 Å². The summed E-state index contributed by atoms with van der Waals surface area (Å²) in [6, 6.07) is 76.9. The van der Waals surface area contributed by atoms with Gasteiger partial charge in [-0.05, 0) is 97.4 Å². The molecular weight excluding hydrogens is 749 g/mol. The van der Waals surface area contributed by atoms with Crippen molar-refractivity contribution in [3.8, 4) is 22.3 Å². The Bertz CT molecular complexity index is 3440. The lowest BCUT2D eigenvalue weighted by Gasteiger charge is -2.45. The Hall–Kier alpha value is -7.42. The SMILES string of the molecule is CC1(C)c2ccccc2-c2ccc(N(c3cccc4c3C(C)(C)c3ccccc3N4c3c(-c4ccc5ccccc5c4)ccc4ccccc34)c3cccc4ccccc34)cc21. The maximum absolute atomic E-state index is 2.58. The molecule has 0 unspecified atom stereocenters. The lowest BCUT2D eigenvalue weighted by molar-refractivity contribution is 0.632. The van der Waals surface area contributed by atoms with Gasteiger partial charge in [0.15, 0.2) is 0 Å². The lowest BCUT2D eigenvalue weighted by atomic mass is 9.72. The highest BCUT2D eigenvalue weighted by Gasteiger charge is 2.42. The number of fused-ring (bicyclic) bond motifs is 8. The topological polar surface area (TPSA) is 6.48 Å². The van der Waals surface area contributed by atoms with Gasteiger partial charge in [-0.1, -0.05) is 191 Å². The van der Waals surface area contributed by atoms with Crippen molar-refractivity contribution in [2.75, 3.05) is 9.80 Å². The predicted octanol–water partition coefficient (Wildman–Crippen LogP) is 16.7. The van der Waals surface area contributed by atoms with Crippen molar-refractivity contribution in [1.29, 1.82) is 0 Å². The van der Waals surface area contributed by atoms with E-state index in [2.05, 4.69) is 244 Å². The minimum atomic E-state index is -0.373. The third-order valence-corrected chi connectivity index (χ3v) is 14.0. The minimum absolute atomic E-state index is 0.148. The summed E-state index contributed by atoms with van der Waals surface area (Å²) in [7, 11) is 0. The predicted molar refractivity (Wildman–Crippen MR) is 263 cm³/mol. The van der Waals surface area contributed by atoms with Crippen molar-refractivity contribution in [2.45, 2.75) is 38.5 Å². The molecule has 10 aromatic carbocycles. The highest BCUT2D eigenvalue weighted by atomic mass is 15.2. The van der Waals surface area contributed by atoms with Crippen LogP contribution < -0.4 is 9.80 Å². The van der Waals surface area contributed by atoms with E-state index in [0.717, 1.165) is 11.4 Å². The summed E-state index contributed by atoms with van der Waals surface area (Å²) in [5.74, 6) is 0. The van der Waals surface area contributed by atoms with E-state index >= 15 is 0 Å². The quantitative estimate of drug-likeness (QED) is 0.171. The fraction of sp³-hybridized carbons (Fsp3) is 0.100. The Morgan fingerprint density at radius 2 is 0.952 bits per heavy atom. The van der Waals surface area contributed by atoms with Crippen molar-refractivity contribution in [1.82, 2.24) is 0 Å². The number of nitrogens with zero attached hydrogens (tertiary/aromatic N) is 2. The Morgan fingerprint density at radius 3 is 1.79 bits per heavy atom. The molecule has 0 radical (unpaired) electrons. The van der Waals surface area contributed by atoms with E-state index in [1.54, 1.807) is 0 Å². The van der Waals surface area contributed by atoms with Crippen LogP contribution in [0.2, 0.25) is 0 Å². The second kappa shape index (κ2) is 13.5. The molecule has 2 nitrogen and oxygen atoms in total. The van der Waals surface area contributed by atoms with E-state index in [4.69, 9.17) is 0 Å². The first-order valence-corrected chi connectivity index (χ1v) is 21.9. The normalized spacial score (nSPS) is 14.4. The summed E-state index contributed by atoms with van der Waals surface area (Å²) in [5.41, 5.74) is 16.9. The Labute approximate surface area is 364 Å². The first-order valence-electron chi connectivity index (χ1n) is 21.9. The molecule has 2 aliphatic rings. The zero-order chi connectivity index (χ0) is 41.7. The second-order valence-corrected chi connectivity index (χ2v) is 18.1. The second-order valence-electron chi connectivity index (χ2n) is 18.1. The van der Waals surface area contributed by atoms with Crippen LogP contribution in [0.5, 0.6) is 0 Å². The van der Waals surface area contributed by atoms with Crippen LogP contribution in [-0.4, -0.2) is 0 Å². The Balaban J connectivity index is 1.16. The van der Waals surface area contributed by atoms with Gasteiger partial charge >= 0.3 is 0 Å². The molecular formula is C60H46N2. The molecule has 0 fully saturated rings. The van der Waals surface area contributed by atoms with Gasteiger partial charge in [-0.15, -0.1) is 0 Å². The minimum Gasteiger partial charge on any atom is -0.309 e. The number of benzene rings is 10. The average molecular weight is 795 g/mol. The van der Waals surface area contributed by atoms with Gasteiger partial charge in [0, 0.05) is 38.4 Å². The van der Waals surface area contributed by atoms with Gasteiger partial charge < -0.3 is 9.80 Å². The summed E-state index contributed by atoms with van der Waals surface area (Å²) in [5, 5.41) is 7.34. The molecule has 0 atom stereocenters. The van der Waals surface area contributed by atoms with Gasteiger partial charge in [0.05, 0.1) is 28.4 Å². The molecule has 1 heterocycles. The maximum atomic E-state index is 2.58. The number of anilines is 6. The maximum Gasteiger partial charge on any atom is 0.0618 e. The zero-order valence-corrected chi connectivity index (χ0v) is 35.5. The summed E-state index contributed by atoms with van der Waals surface area (Å²) in [6.07, 6.45) is 0. The average Bonchev–Trinajstić information content (AvgIpc) is 3.54. The summed E-state index contributed by atoms with van der Waals surface area (Å²) < 4.78 is 0. The third kappa shape index (κ3) is 5.29. The molecule has 0 saturated carbocycles. The van der Waals surface area contributed by atoms with Crippen LogP contribution in [0, 0.1) is 0 Å². The van der Waals surface area contributed by atoms with Gasteiger partial charge in [0.1, 0.15) is 0 Å². The highest BCUT2D eigenvalue weighted by Crippen LogP contribution is 2.59. The molecule has 0 aromatic heterocycles. The van der Waals surface area contributed by atoms with Crippen molar-refractivity contribution in [3.05, 3.63) is 229 Å². The van der Waals surface area contributed by atoms with E-state index in [-0.39, 0.29) is 10.8 Å². The van der Waals surface area contributed by atoms with Gasteiger partial charge in [0.2, 0.25) is 0 Å². The number of hydrogen-bond acceptors (Lipinski definition) is 2. The van der Waals surface area contributed by atoms with Gasteiger partial charge in [-0.3, -0.25) is 0 Å². The number of hydrogen-bond donors (Lipinski definition) is 0. The molecule has 2 heteroatoms. The summed E-state index contributed by atoms with van der Waals surface area (Å²) in [4.78, 5) is 5.14. The van der Waals surface area contributed by atoms with Crippen molar-refractivity contribution in [3.63, 3.8) is 0 Å². The summed E-state index contributed by atoms with van der Waals surface area (Å²) >= 11 is 0. The van der Waals surface area contributed by atoms with Crippen LogP contribution in [0.15, 0.2) is 206 Å². The molecule has 0 spiro atoms. The molecule has 1 aliphatic heterocycles. The molecule has 62 heavy (non-hydrogen) atoms. The van der Waals surface area contributed by atoms with Crippen LogP contribution in [-0.2, 0) is 10.8 Å². The van der Waals surface area contributed by atoms with E-state index in [1.165, 1.54) is 99.6 Å². The van der Waals surface area contributed by atoms with Crippen LogP contribution in [0.1, 0.15) is 49.9 Å². The van der Waals surface area contributed by atoms with E-state index in [9.17, 15) is 0 Å². The molecule has 12 rings (SSSR count). The van der Waals surface area contributed by atoms with Crippen molar-refractivity contribution < 1.29 is 0 Å². The molecule has 0 N–H and O–H groups in total. The largest absolute Gasteiger partial charge is 0.309 e. The van der Waals surface area contributed by atoms with Crippen LogP contribution in [0.4, 0.5) is 34.1 Å². The Kier molecular flexibility index (Phi) is 7.96. The monoisotopic (exact) mass is 794 g/mol. The van der Waals surface area contributed by atoms with Crippen molar-refractivity contribution >= 4 is 66.4 Å². The number of para-hydroxylation sites is 1. The molecule has 0 saturated heterocycles. The fourth-order valence-electron chi connectivity index (χ4n) is 11.0. The van der Waals surface area contributed by atoms with Gasteiger partial charge in [-0.2, -0.15) is 0 Å². The van der Waals surface area contributed by atoms with Crippen LogP contribution in [0.3, 0.4) is 0 Å².